The molecule has 0 saturated carbocycles. The van der Waals surface area contributed by atoms with Crippen LogP contribution in [0.15, 0.2) is 24.3 Å². The lowest BCUT2D eigenvalue weighted by molar-refractivity contribution is 0.713. The molecule has 0 spiro atoms. The summed E-state index contributed by atoms with van der Waals surface area (Å²) in [5.41, 5.74) is 4.41. The fourth-order valence-corrected chi connectivity index (χ4v) is 2.23. The molecule has 0 unspecified atom stereocenters. The van der Waals surface area contributed by atoms with Crippen LogP contribution in [-0.2, 0) is 6.54 Å². The number of halogens is 1. The van der Waals surface area contributed by atoms with Crippen LogP contribution in [-0.4, -0.2) is 16.3 Å². The molecule has 96 valence electrons. The van der Waals surface area contributed by atoms with Gasteiger partial charge in [-0.05, 0) is 50.2 Å². The molecule has 0 aliphatic rings. The van der Waals surface area contributed by atoms with Gasteiger partial charge in [0.15, 0.2) is 0 Å². The maximum Gasteiger partial charge on any atom is 0.0694 e. The molecular formula is C14H18ClN3. The van der Waals surface area contributed by atoms with E-state index in [1.54, 1.807) is 0 Å². The molecule has 4 heteroatoms. The second kappa shape index (κ2) is 5.55. The molecule has 2 aromatic rings. The van der Waals surface area contributed by atoms with E-state index in [9.17, 15) is 0 Å². The van der Waals surface area contributed by atoms with E-state index in [0.29, 0.717) is 0 Å². The van der Waals surface area contributed by atoms with Crippen molar-refractivity contribution in [1.29, 1.82) is 0 Å². The van der Waals surface area contributed by atoms with Crippen molar-refractivity contribution in [3.63, 3.8) is 0 Å². The fraction of sp³-hybridized carbons (Fsp3) is 0.357. The lowest BCUT2D eigenvalue weighted by Crippen LogP contribution is -2.14. The van der Waals surface area contributed by atoms with Crippen LogP contribution in [0, 0.1) is 13.8 Å². The van der Waals surface area contributed by atoms with Crippen LogP contribution in [0.5, 0.6) is 0 Å². The molecule has 1 N–H and O–H groups in total. The highest BCUT2D eigenvalue weighted by atomic mass is 35.5. The highest BCUT2D eigenvalue weighted by molar-refractivity contribution is 6.30. The van der Waals surface area contributed by atoms with Gasteiger partial charge in [0, 0.05) is 17.3 Å². The van der Waals surface area contributed by atoms with Gasteiger partial charge in [0.25, 0.3) is 0 Å². The van der Waals surface area contributed by atoms with Crippen LogP contribution in [0.4, 0.5) is 0 Å². The van der Waals surface area contributed by atoms with Crippen LogP contribution >= 0.6 is 11.6 Å². The van der Waals surface area contributed by atoms with Crippen molar-refractivity contribution in [3.8, 4) is 5.69 Å². The Bertz CT molecular complexity index is 546. The maximum absolute atomic E-state index is 6.07. The lowest BCUT2D eigenvalue weighted by atomic mass is 10.1. The Morgan fingerprint density at radius 3 is 2.67 bits per heavy atom. The summed E-state index contributed by atoms with van der Waals surface area (Å²) in [6, 6.07) is 8.00. The molecule has 0 bridgehead atoms. The van der Waals surface area contributed by atoms with E-state index in [4.69, 9.17) is 11.6 Å². The largest absolute Gasteiger partial charge is 0.313 e. The van der Waals surface area contributed by atoms with Gasteiger partial charge in [0.1, 0.15) is 0 Å². The average molecular weight is 264 g/mol. The second-order valence-corrected chi connectivity index (χ2v) is 4.83. The van der Waals surface area contributed by atoms with E-state index in [1.807, 2.05) is 29.8 Å². The molecule has 0 aliphatic carbocycles. The SMILES string of the molecule is CCNCc1cc(Cl)ccc1-n1nc(C)cc1C. The summed E-state index contributed by atoms with van der Waals surface area (Å²) in [5.74, 6) is 0. The Morgan fingerprint density at radius 2 is 2.06 bits per heavy atom. The van der Waals surface area contributed by atoms with E-state index < -0.39 is 0 Å². The topological polar surface area (TPSA) is 29.9 Å². The van der Waals surface area contributed by atoms with E-state index in [0.717, 1.165) is 40.8 Å². The predicted molar refractivity (Wildman–Crippen MR) is 75.4 cm³/mol. The first-order chi connectivity index (χ1) is 8.61. The standard InChI is InChI=1S/C14H18ClN3/c1-4-16-9-12-8-13(15)5-6-14(12)18-11(3)7-10(2)17-18/h5-8,16H,4,9H2,1-3H3. The Kier molecular flexibility index (Phi) is 4.04. The first-order valence-corrected chi connectivity index (χ1v) is 6.52. The monoisotopic (exact) mass is 263 g/mol. The molecule has 0 atom stereocenters. The number of benzene rings is 1. The number of nitrogens with zero attached hydrogens (tertiary/aromatic N) is 2. The fourth-order valence-electron chi connectivity index (χ4n) is 2.03. The summed E-state index contributed by atoms with van der Waals surface area (Å²) in [6.07, 6.45) is 0. The van der Waals surface area contributed by atoms with Gasteiger partial charge in [-0.3, -0.25) is 0 Å². The number of aromatic nitrogens is 2. The summed E-state index contributed by atoms with van der Waals surface area (Å²) < 4.78 is 1.97. The van der Waals surface area contributed by atoms with Crippen LogP contribution in [0.25, 0.3) is 5.69 Å². The second-order valence-electron chi connectivity index (χ2n) is 4.39. The van der Waals surface area contributed by atoms with Gasteiger partial charge in [0.05, 0.1) is 11.4 Å². The van der Waals surface area contributed by atoms with Crippen molar-refractivity contribution >= 4 is 11.6 Å². The highest BCUT2D eigenvalue weighted by Crippen LogP contribution is 2.21. The van der Waals surface area contributed by atoms with Crippen molar-refractivity contribution in [2.24, 2.45) is 0 Å². The molecule has 2 rings (SSSR count). The molecular weight excluding hydrogens is 246 g/mol. The van der Waals surface area contributed by atoms with E-state index in [1.165, 1.54) is 0 Å². The third kappa shape index (κ3) is 2.74. The quantitative estimate of drug-likeness (QED) is 0.918. The van der Waals surface area contributed by atoms with Gasteiger partial charge in [-0.1, -0.05) is 18.5 Å². The van der Waals surface area contributed by atoms with Crippen molar-refractivity contribution in [2.75, 3.05) is 6.54 Å². The molecule has 0 fully saturated rings. The van der Waals surface area contributed by atoms with Gasteiger partial charge < -0.3 is 5.32 Å². The molecule has 18 heavy (non-hydrogen) atoms. The summed E-state index contributed by atoms with van der Waals surface area (Å²) in [5, 5.41) is 8.61. The number of nitrogens with one attached hydrogen (secondary N) is 1. The lowest BCUT2D eigenvalue weighted by Gasteiger charge is -2.12. The number of hydrogen-bond donors (Lipinski definition) is 1. The normalized spacial score (nSPS) is 10.9. The molecule has 1 aromatic heterocycles. The minimum absolute atomic E-state index is 0.758. The van der Waals surface area contributed by atoms with Gasteiger partial charge in [-0.25, -0.2) is 4.68 Å². The van der Waals surface area contributed by atoms with Gasteiger partial charge in [0.2, 0.25) is 0 Å². The molecule has 1 heterocycles. The zero-order valence-electron chi connectivity index (χ0n) is 11.0. The van der Waals surface area contributed by atoms with Crippen LogP contribution in [0.2, 0.25) is 5.02 Å². The number of aryl methyl sites for hydroxylation is 2. The molecule has 0 amide bonds. The summed E-state index contributed by atoms with van der Waals surface area (Å²) >= 11 is 6.07. The smallest absolute Gasteiger partial charge is 0.0694 e. The third-order valence-electron chi connectivity index (χ3n) is 2.84. The minimum Gasteiger partial charge on any atom is -0.313 e. The van der Waals surface area contributed by atoms with Crippen molar-refractivity contribution in [3.05, 3.63) is 46.2 Å². The van der Waals surface area contributed by atoms with Crippen LogP contribution < -0.4 is 5.32 Å². The first kappa shape index (κ1) is 13.1. The zero-order chi connectivity index (χ0) is 13.1. The maximum atomic E-state index is 6.07. The third-order valence-corrected chi connectivity index (χ3v) is 3.08. The van der Waals surface area contributed by atoms with E-state index in [-0.39, 0.29) is 0 Å². The van der Waals surface area contributed by atoms with Gasteiger partial charge >= 0.3 is 0 Å². The number of rotatable bonds is 4. The van der Waals surface area contributed by atoms with Gasteiger partial charge in [-0.2, -0.15) is 5.10 Å². The summed E-state index contributed by atoms with van der Waals surface area (Å²) in [7, 11) is 0. The Labute approximate surface area is 113 Å². The molecule has 0 radical (unpaired) electrons. The summed E-state index contributed by atoms with van der Waals surface area (Å²) in [4.78, 5) is 0. The zero-order valence-corrected chi connectivity index (χ0v) is 11.8. The molecule has 3 nitrogen and oxygen atoms in total. The molecule has 1 aromatic carbocycles. The Hall–Kier alpha value is -1.32. The Balaban J connectivity index is 2.46. The van der Waals surface area contributed by atoms with Crippen molar-refractivity contribution < 1.29 is 0 Å². The van der Waals surface area contributed by atoms with E-state index in [2.05, 4.69) is 30.3 Å². The van der Waals surface area contributed by atoms with E-state index >= 15 is 0 Å². The Morgan fingerprint density at radius 1 is 1.28 bits per heavy atom. The average Bonchev–Trinajstić information content (AvgIpc) is 2.66. The van der Waals surface area contributed by atoms with Crippen LogP contribution in [0.1, 0.15) is 23.9 Å². The molecule has 0 saturated heterocycles. The van der Waals surface area contributed by atoms with Crippen molar-refractivity contribution in [1.82, 2.24) is 15.1 Å². The predicted octanol–water partition coefficient (Wildman–Crippen LogP) is 3.25. The number of hydrogen-bond acceptors (Lipinski definition) is 2. The van der Waals surface area contributed by atoms with Gasteiger partial charge in [-0.15, -0.1) is 0 Å². The first-order valence-electron chi connectivity index (χ1n) is 6.14. The highest BCUT2D eigenvalue weighted by Gasteiger charge is 2.09. The summed E-state index contributed by atoms with van der Waals surface area (Å²) in [6.45, 7) is 7.89. The van der Waals surface area contributed by atoms with Crippen LogP contribution in [0.3, 0.4) is 0 Å². The molecule has 0 aliphatic heterocycles. The van der Waals surface area contributed by atoms with Crippen molar-refractivity contribution in [2.45, 2.75) is 27.3 Å². The minimum atomic E-state index is 0.758.